The first-order valence-electron chi connectivity index (χ1n) is 14.8. The van der Waals surface area contributed by atoms with Gasteiger partial charge in [0.15, 0.2) is 0 Å². The van der Waals surface area contributed by atoms with Gasteiger partial charge in [-0.05, 0) is 80.0 Å². The van der Waals surface area contributed by atoms with Crippen molar-refractivity contribution in [2.75, 3.05) is 23.9 Å². The molecule has 2 saturated carbocycles. The number of carbonyl (C=O) groups is 1. The fraction of sp³-hybridized carbons (Fsp3) is 0.516. The Bertz CT molecular complexity index is 1620. The Balaban J connectivity index is 1.40. The maximum atomic E-state index is 14.4. The number of fused-ring (bicyclic) bond motifs is 1. The standard InChI is InChI=1S/C31H35F3N8O2/c1-29(6-4-7-29)37-16-19-10-22-23(24(11-19)31(32,33)34)17-42(27(22)43)26-13-20(12-25(39-26)36-9-5-8-35)30(14-21(15-30)44-3)28-40-38-18-41(28)2/h10-13,18,21,37H,4-7,9,14-17H2,1-3H3,(H,36,39)/t21-,30-. The van der Waals surface area contributed by atoms with Crippen LogP contribution in [-0.2, 0) is 36.5 Å². The second-order valence-electron chi connectivity index (χ2n) is 12.4. The molecular formula is C31H35F3N8O2. The second-order valence-corrected chi connectivity index (χ2v) is 12.4. The Morgan fingerprint density at radius 2 is 1.98 bits per heavy atom. The summed E-state index contributed by atoms with van der Waals surface area (Å²) in [7, 11) is 3.50. The molecule has 6 rings (SSSR count). The summed E-state index contributed by atoms with van der Waals surface area (Å²) in [6.07, 6.45) is 1.37. The summed E-state index contributed by atoms with van der Waals surface area (Å²) in [5.74, 6) is 0.804. The van der Waals surface area contributed by atoms with Crippen molar-refractivity contribution in [2.45, 2.75) is 81.8 Å². The average Bonchev–Trinajstić information content (AvgIpc) is 3.53. The molecule has 1 aromatic carbocycles. The van der Waals surface area contributed by atoms with Gasteiger partial charge >= 0.3 is 6.18 Å². The topological polar surface area (TPSA) is 121 Å². The van der Waals surface area contributed by atoms with Crippen LogP contribution in [0.5, 0.6) is 0 Å². The van der Waals surface area contributed by atoms with E-state index in [4.69, 9.17) is 10.00 Å². The molecule has 44 heavy (non-hydrogen) atoms. The van der Waals surface area contributed by atoms with Gasteiger partial charge in [0.1, 0.15) is 23.8 Å². The zero-order valence-electron chi connectivity index (χ0n) is 25.0. The number of halogens is 3. The molecule has 232 valence electrons. The van der Waals surface area contributed by atoms with Gasteiger partial charge in [-0.1, -0.05) is 0 Å². The fourth-order valence-electron chi connectivity index (χ4n) is 6.62. The third-order valence-corrected chi connectivity index (χ3v) is 9.39. The normalized spacial score (nSPS) is 22.2. The number of nitrogens with zero attached hydrogens (tertiary/aromatic N) is 6. The first kappa shape index (κ1) is 30.0. The van der Waals surface area contributed by atoms with E-state index < -0.39 is 23.1 Å². The number of hydrogen-bond acceptors (Lipinski definition) is 8. The summed E-state index contributed by atoms with van der Waals surface area (Å²) in [5, 5.41) is 24.1. The number of methoxy groups -OCH3 is 1. The highest BCUT2D eigenvalue weighted by Gasteiger charge is 2.51. The number of nitriles is 1. The van der Waals surface area contributed by atoms with Crippen molar-refractivity contribution in [3.05, 3.63) is 64.2 Å². The maximum absolute atomic E-state index is 14.4. The number of benzene rings is 1. The molecule has 2 N–H and O–H groups in total. The molecule has 0 spiro atoms. The second kappa shape index (κ2) is 11.2. The lowest BCUT2D eigenvalue weighted by Crippen LogP contribution is -2.48. The largest absolute Gasteiger partial charge is 0.416 e. The lowest BCUT2D eigenvalue weighted by atomic mass is 9.62. The van der Waals surface area contributed by atoms with Crippen LogP contribution in [0.3, 0.4) is 0 Å². The van der Waals surface area contributed by atoms with Gasteiger partial charge in [0.25, 0.3) is 5.91 Å². The van der Waals surface area contributed by atoms with Crippen molar-refractivity contribution >= 4 is 17.5 Å². The van der Waals surface area contributed by atoms with E-state index in [9.17, 15) is 18.0 Å². The fourth-order valence-corrected chi connectivity index (χ4v) is 6.62. The molecule has 0 bridgehead atoms. The van der Waals surface area contributed by atoms with Crippen LogP contribution >= 0.6 is 0 Å². The quantitative estimate of drug-likeness (QED) is 0.314. The van der Waals surface area contributed by atoms with Crippen molar-refractivity contribution in [1.82, 2.24) is 25.1 Å². The number of aromatic nitrogens is 4. The molecule has 2 aromatic heterocycles. The molecule has 3 heterocycles. The van der Waals surface area contributed by atoms with Gasteiger partial charge in [-0.2, -0.15) is 18.4 Å². The monoisotopic (exact) mass is 608 g/mol. The Morgan fingerprint density at radius 1 is 1.20 bits per heavy atom. The smallest absolute Gasteiger partial charge is 0.381 e. The third kappa shape index (κ3) is 5.30. The van der Waals surface area contributed by atoms with Crippen molar-refractivity contribution in [1.29, 1.82) is 5.26 Å². The van der Waals surface area contributed by atoms with Crippen LogP contribution in [0.15, 0.2) is 30.6 Å². The highest BCUT2D eigenvalue weighted by molar-refractivity contribution is 6.10. The summed E-state index contributed by atoms with van der Waals surface area (Å²) in [6.45, 7) is 2.35. The van der Waals surface area contributed by atoms with Crippen LogP contribution in [-0.4, -0.2) is 51.0 Å². The van der Waals surface area contributed by atoms with E-state index in [1.807, 2.05) is 17.7 Å². The predicted molar refractivity (Wildman–Crippen MR) is 156 cm³/mol. The number of rotatable bonds is 10. The number of nitrogens with one attached hydrogen (secondary N) is 2. The Kier molecular flexibility index (Phi) is 7.62. The molecule has 1 amide bonds. The molecule has 0 unspecified atom stereocenters. The Hall–Kier alpha value is -4.02. The van der Waals surface area contributed by atoms with E-state index in [1.54, 1.807) is 25.6 Å². The molecule has 0 atom stereocenters. The van der Waals surface area contributed by atoms with Gasteiger partial charge in [-0.15, -0.1) is 10.2 Å². The van der Waals surface area contributed by atoms with E-state index in [0.717, 1.165) is 30.9 Å². The van der Waals surface area contributed by atoms with E-state index in [1.165, 1.54) is 4.90 Å². The van der Waals surface area contributed by atoms with Crippen LogP contribution in [0.2, 0.25) is 0 Å². The summed E-state index contributed by atoms with van der Waals surface area (Å²) < 4.78 is 50.6. The number of carbonyl (C=O) groups excluding carboxylic acids is 1. The van der Waals surface area contributed by atoms with Crippen LogP contribution in [0.4, 0.5) is 24.8 Å². The summed E-state index contributed by atoms with van der Waals surface area (Å²) >= 11 is 0. The molecule has 13 heteroatoms. The lowest BCUT2D eigenvalue weighted by Gasteiger charge is -2.46. The van der Waals surface area contributed by atoms with E-state index >= 15 is 0 Å². The van der Waals surface area contributed by atoms with Crippen molar-refractivity contribution in [3.8, 4) is 6.07 Å². The van der Waals surface area contributed by atoms with E-state index in [0.29, 0.717) is 36.6 Å². The van der Waals surface area contributed by atoms with E-state index in [2.05, 4.69) is 38.8 Å². The Morgan fingerprint density at radius 3 is 2.59 bits per heavy atom. The van der Waals surface area contributed by atoms with Crippen molar-refractivity contribution < 1.29 is 22.7 Å². The molecule has 3 aliphatic rings. The number of hydrogen-bond donors (Lipinski definition) is 2. The van der Waals surface area contributed by atoms with Gasteiger partial charge in [-0.3, -0.25) is 9.69 Å². The SMILES string of the molecule is CO[C@H]1C[C@](c2cc(NCCC#N)nc(N3Cc4c(cc(CNC5(C)CCC5)cc4C(F)(F)F)C3=O)c2)(c2nncn2C)C1. The molecule has 1 aliphatic heterocycles. The van der Waals surface area contributed by atoms with Crippen LogP contribution in [0.1, 0.15) is 83.9 Å². The van der Waals surface area contributed by atoms with Gasteiger partial charge < -0.3 is 19.9 Å². The summed E-state index contributed by atoms with van der Waals surface area (Å²) in [4.78, 5) is 19.8. The highest BCUT2D eigenvalue weighted by Crippen LogP contribution is 2.50. The maximum Gasteiger partial charge on any atom is 0.416 e. The number of pyridine rings is 1. The summed E-state index contributed by atoms with van der Waals surface area (Å²) in [6, 6.07) is 8.43. The first-order valence-corrected chi connectivity index (χ1v) is 14.8. The zero-order valence-corrected chi connectivity index (χ0v) is 25.0. The molecule has 2 fully saturated rings. The first-order chi connectivity index (χ1) is 21.0. The molecule has 3 aromatic rings. The van der Waals surface area contributed by atoms with Crippen LogP contribution in [0, 0.1) is 11.3 Å². The van der Waals surface area contributed by atoms with Gasteiger partial charge in [0.05, 0.1) is 36.1 Å². The lowest BCUT2D eigenvalue weighted by molar-refractivity contribution is -0.138. The minimum atomic E-state index is -4.63. The Labute approximate surface area is 253 Å². The molecule has 10 nitrogen and oxygen atoms in total. The molecule has 2 aliphatic carbocycles. The summed E-state index contributed by atoms with van der Waals surface area (Å²) in [5.41, 5.74) is -0.340. The van der Waals surface area contributed by atoms with Crippen LogP contribution in [0.25, 0.3) is 0 Å². The number of alkyl halides is 3. The minimum Gasteiger partial charge on any atom is -0.381 e. The number of amides is 1. The van der Waals surface area contributed by atoms with Crippen LogP contribution < -0.4 is 15.5 Å². The van der Waals surface area contributed by atoms with Gasteiger partial charge in [-0.25, -0.2) is 4.98 Å². The predicted octanol–water partition coefficient (Wildman–Crippen LogP) is 4.84. The van der Waals surface area contributed by atoms with Crippen molar-refractivity contribution in [2.24, 2.45) is 7.05 Å². The number of ether oxygens (including phenoxy) is 1. The number of anilines is 2. The molecule has 0 radical (unpaired) electrons. The third-order valence-electron chi connectivity index (χ3n) is 9.39. The van der Waals surface area contributed by atoms with E-state index in [-0.39, 0.29) is 48.1 Å². The van der Waals surface area contributed by atoms with Crippen molar-refractivity contribution in [3.63, 3.8) is 0 Å². The molecular weight excluding hydrogens is 573 g/mol. The zero-order chi connectivity index (χ0) is 31.3. The minimum absolute atomic E-state index is 0.0282. The molecule has 0 saturated heterocycles. The average molecular weight is 609 g/mol. The van der Waals surface area contributed by atoms with Gasteiger partial charge in [0.2, 0.25) is 0 Å². The number of aryl methyl sites for hydroxylation is 1. The highest BCUT2D eigenvalue weighted by atomic mass is 19.4. The van der Waals surface area contributed by atoms with Gasteiger partial charge in [0, 0.05) is 38.3 Å².